The van der Waals surface area contributed by atoms with Crippen molar-refractivity contribution in [2.45, 2.75) is 25.3 Å². The zero-order valence-corrected chi connectivity index (χ0v) is 17.6. The summed E-state index contributed by atoms with van der Waals surface area (Å²) in [5, 5.41) is 2.60. The molecule has 0 aliphatic rings. The van der Waals surface area contributed by atoms with Crippen molar-refractivity contribution in [3.63, 3.8) is 0 Å². The van der Waals surface area contributed by atoms with Crippen LogP contribution in [0.3, 0.4) is 0 Å². The van der Waals surface area contributed by atoms with Gasteiger partial charge in [-0.3, -0.25) is 4.79 Å². The number of sulfonamides is 1. The van der Waals surface area contributed by atoms with E-state index in [1.165, 1.54) is 10.4 Å². The predicted molar refractivity (Wildman–Crippen MR) is 115 cm³/mol. The van der Waals surface area contributed by atoms with Crippen molar-refractivity contribution in [2.75, 3.05) is 11.9 Å². The third-order valence-electron chi connectivity index (χ3n) is 4.68. The maximum Gasteiger partial charge on any atom is 0.258 e. The highest BCUT2D eigenvalue weighted by molar-refractivity contribution is 7.89. The second-order valence-electron chi connectivity index (χ2n) is 6.88. The minimum atomic E-state index is -3.91. The van der Waals surface area contributed by atoms with E-state index in [0.717, 1.165) is 23.3 Å². The van der Waals surface area contributed by atoms with Crippen LogP contribution in [0.2, 0.25) is 0 Å². The molecule has 0 heterocycles. The van der Waals surface area contributed by atoms with Crippen LogP contribution in [0.1, 0.15) is 28.4 Å². The Morgan fingerprint density at radius 2 is 1.67 bits per heavy atom. The standard InChI is InChI=1S/C23H23FN2O3S/c1-3-26(16-18-7-5-4-6-8-18)30(28,29)20-13-14-22(24)21(15-20)23(27)25-19-11-9-17(2)10-12-19/h4-15H,3,16H2,1-2H3,(H,25,27). The molecule has 7 heteroatoms. The highest BCUT2D eigenvalue weighted by Gasteiger charge is 2.25. The Labute approximate surface area is 176 Å². The lowest BCUT2D eigenvalue weighted by molar-refractivity contribution is 0.102. The lowest BCUT2D eigenvalue weighted by Gasteiger charge is -2.21. The average molecular weight is 427 g/mol. The topological polar surface area (TPSA) is 66.5 Å². The van der Waals surface area contributed by atoms with Gasteiger partial charge in [0.15, 0.2) is 0 Å². The van der Waals surface area contributed by atoms with Gasteiger partial charge in [0.1, 0.15) is 5.82 Å². The first-order valence-corrected chi connectivity index (χ1v) is 11.0. The van der Waals surface area contributed by atoms with Gasteiger partial charge in [-0.1, -0.05) is 55.0 Å². The molecule has 0 radical (unpaired) electrons. The van der Waals surface area contributed by atoms with Crippen LogP contribution < -0.4 is 5.32 Å². The monoisotopic (exact) mass is 426 g/mol. The molecule has 0 saturated carbocycles. The van der Waals surface area contributed by atoms with E-state index in [9.17, 15) is 17.6 Å². The van der Waals surface area contributed by atoms with Crippen LogP contribution >= 0.6 is 0 Å². The van der Waals surface area contributed by atoms with E-state index in [4.69, 9.17) is 0 Å². The highest BCUT2D eigenvalue weighted by atomic mass is 32.2. The summed E-state index contributed by atoms with van der Waals surface area (Å²) in [7, 11) is -3.91. The Morgan fingerprint density at radius 1 is 1.00 bits per heavy atom. The van der Waals surface area contributed by atoms with E-state index in [0.29, 0.717) is 5.69 Å². The number of nitrogens with one attached hydrogen (secondary N) is 1. The van der Waals surface area contributed by atoms with E-state index in [1.807, 2.05) is 49.4 Å². The molecule has 1 N–H and O–H groups in total. The molecule has 5 nitrogen and oxygen atoms in total. The SMILES string of the molecule is CCN(Cc1ccccc1)S(=O)(=O)c1ccc(F)c(C(=O)Nc2ccc(C)cc2)c1. The summed E-state index contributed by atoms with van der Waals surface area (Å²) in [4.78, 5) is 12.4. The number of hydrogen-bond acceptors (Lipinski definition) is 3. The molecule has 0 spiro atoms. The highest BCUT2D eigenvalue weighted by Crippen LogP contribution is 2.22. The molecule has 0 atom stereocenters. The number of benzene rings is 3. The first-order valence-electron chi connectivity index (χ1n) is 9.53. The fourth-order valence-corrected chi connectivity index (χ4v) is 4.44. The van der Waals surface area contributed by atoms with Gasteiger partial charge in [0.25, 0.3) is 5.91 Å². The quantitative estimate of drug-likeness (QED) is 0.601. The summed E-state index contributed by atoms with van der Waals surface area (Å²) >= 11 is 0. The summed E-state index contributed by atoms with van der Waals surface area (Å²) in [5.41, 5.74) is 2.03. The Balaban J connectivity index is 1.88. The van der Waals surface area contributed by atoms with Crippen LogP contribution in [0.4, 0.5) is 10.1 Å². The number of carbonyl (C=O) groups is 1. The number of halogens is 1. The summed E-state index contributed by atoms with van der Waals surface area (Å²) in [6, 6.07) is 19.5. The molecule has 3 aromatic rings. The van der Waals surface area contributed by atoms with Crippen LogP contribution in [0.15, 0.2) is 77.7 Å². The number of amides is 1. The molecule has 1 amide bonds. The zero-order chi connectivity index (χ0) is 21.7. The van der Waals surface area contributed by atoms with Crippen molar-refractivity contribution in [3.8, 4) is 0 Å². The maximum absolute atomic E-state index is 14.3. The minimum absolute atomic E-state index is 0.129. The lowest BCUT2D eigenvalue weighted by atomic mass is 10.2. The number of anilines is 1. The fourth-order valence-electron chi connectivity index (χ4n) is 2.98. The van der Waals surface area contributed by atoms with E-state index >= 15 is 0 Å². The Hall–Kier alpha value is -3.03. The van der Waals surface area contributed by atoms with Crippen molar-refractivity contribution < 1.29 is 17.6 Å². The molecule has 0 aliphatic carbocycles. The maximum atomic E-state index is 14.3. The minimum Gasteiger partial charge on any atom is -0.322 e. The molecular weight excluding hydrogens is 403 g/mol. The van der Waals surface area contributed by atoms with Crippen molar-refractivity contribution in [1.82, 2.24) is 4.31 Å². The van der Waals surface area contributed by atoms with Crippen LogP contribution in [-0.2, 0) is 16.6 Å². The second kappa shape index (κ2) is 9.19. The van der Waals surface area contributed by atoms with Crippen molar-refractivity contribution in [3.05, 3.63) is 95.3 Å². The first kappa shape index (κ1) is 21.7. The van der Waals surface area contributed by atoms with Crippen LogP contribution in [0.5, 0.6) is 0 Å². The van der Waals surface area contributed by atoms with Gasteiger partial charge in [-0.05, 0) is 42.8 Å². The number of rotatable bonds is 7. The predicted octanol–water partition coefficient (Wildman–Crippen LogP) is 4.60. The van der Waals surface area contributed by atoms with Gasteiger partial charge in [-0.25, -0.2) is 12.8 Å². The number of carbonyl (C=O) groups excluding carboxylic acids is 1. The molecule has 156 valence electrons. The van der Waals surface area contributed by atoms with Crippen molar-refractivity contribution in [2.24, 2.45) is 0 Å². The van der Waals surface area contributed by atoms with E-state index in [-0.39, 0.29) is 23.5 Å². The summed E-state index contributed by atoms with van der Waals surface area (Å²) in [5.74, 6) is -1.50. The Morgan fingerprint density at radius 3 is 2.30 bits per heavy atom. The molecule has 3 aromatic carbocycles. The third-order valence-corrected chi connectivity index (χ3v) is 6.60. The zero-order valence-electron chi connectivity index (χ0n) is 16.8. The van der Waals surface area contributed by atoms with E-state index in [1.54, 1.807) is 19.1 Å². The molecule has 0 aliphatic heterocycles. The average Bonchev–Trinajstić information content (AvgIpc) is 2.74. The smallest absolute Gasteiger partial charge is 0.258 e. The number of hydrogen-bond donors (Lipinski definition) is 1. The van der Waals surface area contributed by atoms with E-state index < -0.39 is 21.7 Å². The van der Waals surface area contributed by atoms with Crippen LogP contribution in [-0.4, -0.2) is 25.2 Å². The fraction of sp³-hybridized carbons (Fsp3) is 0.174. The van der Waals surface area contributed by atoms with Gasteiger partial charge >= 0.3 is 0 Å². The van der Waals surface area contributed by atoms with Gasteiger partial charge < -0.3 is 5.32 Å². The molecular formula is C23H23FN2O3S. The normalized spacial score (nSPS) is 11.5. The summed E-state index contributed by atoms with van der Waals surface area (Å²) in [6.45, 7) is 4.06. The van der Waals surface area contributed by atoms with Crippen molar-refractivity contribution >= 4 is 21.6 Å². The number of nitrogens with zero attached hydrogens (tertiary/aromatic N) is 1. The van der Waals surface area contributed by atoms with Gasteiger partial charge in [0.05, 0.1) is 10.5 Å². The Bertz CT molecular complexity index is 1130. The van der Waals surface area contributed by atoms with Crippen molar-refractivity contribution in [1.29, 1.82) is 0 Å². The number of aryl methyl sites for hydroxylation is 1. The van der Waals surface area contributed by atoms with Crippen LogP contribution in [0.25, 0.3) is 0 Å². The molecule has 0 aromatic heterocycles. The van der Waals surface area contributed by atoms with Crippen LogP contribution in [0, 0.1) is 12.7 Å². The van der Waals surface area contributed by atoms with E-state index in [2.05, 4.69) is 5.32 Å². The van der Waals surface area contributed by atoms with Gasteiger partial charge in [-0.15, -0.1) is 0 Å². The molecule has 0 saturated heterocycles. The summed E-state index contributed by atoms with van der Waals surface area (Å²) in [6.07, 6.45) is 0. The molecule has 0 unspecified atom stereocenters. The molecule has 0 bridgehead atoms. The largest absolute Gasteiger partial charge is 0.322 e. The van der Waals surface area contributed by atoms with Gasteiger partial charge in [0.2, 0.25) is 10.0 Å². The van der Waals surface area contributed by atoms with Gasteiger partial charge in [0, 0.05) is 18.8 Å². The summed E-state index contributed by atoms with van der Waals surface area (Å²) < 4.78 is 41.9. The first-order chi connectivity index (χ1) is 14.3. The molecule has 3 rings (SSSR count). The van der Waals surface area contributed by atoms with Gasteiger partial charge in [-0.2, -0.15) is 4.31 Å². The molecule has 30 heavy (non-hydrogen) atoms. The third kappa shape index (κ3) is 4.93. The lowest BCUT2D eigenvalue weighted by Crippen LogP contribution is -2.30. The molecule has 0 fully saturated rings. The Kier molecular flexibility index (Phi) is 6.64. The second-order valence-corrected chi connectivity index (χ2v) is 8.82.